The van der Waals surface area contributed by atoms with Crippen LogP contribution in [0, 0.1) is 11.8 Å². The van der Waals surface area contributed by atoms with Crippen LogP contribution in [0.2, 0.25) is 0 Å². The van der Waals surface area contributed by atoms with Crippen molar-refractivity contribution in [2.45, 2.75) is 104 Å². The number of hydrogen-bond donors (Lipinski definition) is 5. The summed E-state index contributed by atoms with van der Waals surface area (Å²) < 4.78 is 0. The van der Waals surface area contributed by atoms with Crippen molar-refractivity contribution in [3.8, 4) is 0 Å². The average Bonchev–Trinajstić information content (AvgIpc) is 2.74. The third-order valence-electron chi connectivity index (χ3n) is 6.17. The van der Waals surface area contributed by atoms with E-state index in [0.717, 1.165) is 45.1 Å². The molecule has 1 aliphatic heterocycles. The monoisotopic (exact) mass is 454 g/mol. The summed E-state index contributed by atoms with van der Waals surface area (Å²) in [6.45, 7) is 9.79. The molecule has 5 atom stereocenters. The molecule has 0 saturated carbocycles. The van der Waals surface area contributed by atoms with E-state index in [1.54, 1.807) is 6.92 Å². The Bertz CT molecular complexity index is 572. The van der Waals surface area contributed by atoms with Gasteiger partial charge < -0.3 is 26.4 Å². The number of unbranched alkanes of at least 4 members (excludes halogenated alkanes) is 1. The number of nitrogens with one attached hydrogen (secondary N) is 4. The fourth-order valence-electron chi connectivity index (χ4n) is 3.99. The molecule has 0 aromatic rings. The van der Waals surface area contributed by atoms with E-state index >= 15 is 0 Å². The Morgan fingerprint density at radius 3 is 2.62 bits per heavy atom. The maximum Gasteiger partial charge on any atom is 0.242 e. The second-order valence-corrected chi connectivity index (χ2v) is 9.44. The van der Waals surface area contributed by atoms with E-state index in [9.17, 15) is 19.5 Å². The minimum absolute atomic E-state index is 0.0701. The SMILES string of the molecule is CCCCNC(=O)C(C)CC(O)[C@@H]1C[C@H](C)CCCCCNCCC(=O)N[C@@H](C)C(=O)N1. The minimum atomic E-state index is -0.834. The Morgan fingerprint density at radius 2 is 1.91 bits per heavy atom. The van der Waals surface area contributed by atoms with Crippen LogP contribution in [0.5, 0.6) is 0 Å². The van der Waals surface area contributed by atoms with E-state index in [1.807, 2.05) is 6.92 Å². The lowest BCUT2D eigenvalue weighted by molar-refractivity contribution is -0.130. The molecule has 1 saturated heterocycles. The van der Waals surface area contributed by atoms with E-state index in [-0.39, 0.29) is 30.1 Å². The Balaban J connectivity index is 2.79. The van der Waals surface area contributed by atoms with Gasteiger partial charge in [-0.2, -0.15) is 0 Å². The van der Waals surface area contributed by atoms with Crippen LogP contribution in [0.1, 0.15) is 85.5 Å². The van der Waals surface area contributed by atoms with Gasteiger partial charge in [0.25, 0.3) is 0 Å². The molecule has 1 fully saturated rings. The summed E-state index contributed by atoms with van der Waals surface area (Å²) >= 11 is 0. The van der Waals surface area contributed by atoms with Crippen molar-refractivity contribution in [3.05, 3.63) is 0 Å². The van der Waals surface area contributed by atoms with Crippen molar-refractivity contribution in [3.63, 3.8) is 0 Å². The van der Waals surface area contributed by atoms with Crippen molar-refractivity contribution in [2.75, 3.05) is 19.6 Å². The summed E-state index contributed by atoms with van der Waals surface area (Å²) in [5.74, 6) is -0.572. The van der Waals surface area contributed by atoms with Crippen molar-refractivity contribution < 1.29 is 19.5 Å². The largest absolute Gasteiger partial charge is 0.391 e. The van der Waals surface area contributed by atoms with Crippen molar-refractivity contribution >= 4 is 17.7 Å². The van der Waals surface area contributed by atoms with Gasteiger partial charge in [0.05, 0.1) is 12.1 Å². The average molecular weight is 455 g/mol. The maximum atomic E-state index is 12.7. The van der Waals surface area contributed by atoms with Crippen LogP contribution < -0.4 is 21.3 Å². The Kier molecular flexibility index (Phi) is 14.2. The lowest BCUT2D eigenvalue weighted by Gasteiger charge is -2.29. The summed E-state index contributed by atoms with van der Waals surface area (Å²) in [6.07, 6.45) is 6.63. The Labute approximate surface area is 194 Å². The zero-order valence-corrected chi connectivity index (χ0v) is 20.5. The van der Waals surface area contributed by atoms with Gasteiger partial charge >= 0.3 is 0 Å². The second kappa shape index (κ2) is 16.0. The van der Waals surface area contributed by atoms with Crippen LogP contribution in [0.15, 0.2) is 0 Å². The Morgan fingerprint density at radius 1 is 1.16 bits per heavy atom. The first-order valence-corrected chi connectivity index (χ1v) is 12.5. The Hall–Kier alpha value is -1.67. The molecule has 0 bridgehead atoms. The number of aliphatic hydroxyl groups excluding tert-OH is 1. The molecule has 0 radical (unpaired) electrons. The van der Waals surface area contributed by atoms with Gasteiger partial charge in [0.15, 0.2) is 0 Å². The van der Waals surface area contributed by atoms with E-state index < -0.39 is 18.2 Å². The second-order valence-electron chi connectivity index (χ2n) is 9.44. The lowest BCUT2D eigenvalue weighted by Crippen LogP contribution is -2.52. The van der Waals surface area contributed by atoms with Gasteiger partial charge in [-0.25, -0.2) is 0 Å². The van der Waals surface area contributed by atoms with E-state index in [4.69, 9.17) is 0 Å². The highest BCUT2D eigenvalue weighted by atomic mass is 16.3. The van der Waals surface area contributed by atoms with Gasteiger partial charge in [0, 0.05) is 25.4 Å². The van der Waals surface area contributed by atoms with Crippen LogP contribution in [-0.4, -0.2) is 60.6 Å². The first-order chi connectivity index (χ1) is 15.2. The van der Waals surface area contributed by atoms with Crippen LogP contribution in [0.3, 0.4) is 0 Å². The summed E-state index contributed by atoms with van der Waals surface area (Å²) in [5.41, 5.74) is 0. The molecule has 8 nitrogen and oxygen atoms in total. The van der Waals surface area contributed by atoms with Gasteiger partial charge in [-0.05, 0) is 45.1 Å². The quantitative estimate of drug-likeness (QED) is 0.376. The summed E-state index contributed by atoms with van der Waals surface area (Å²) in [7, 11) is 0. The predicted octanol–water partition coefficient (Wildman–Crippen LogP) is 1.86. The summed E-state index contributed by atoms with van der Waals surface area (Å²) in [6, 6.07) is -1.15. The highest BCUT2D eigenvalue weighted by Crippen LogP contribution is 2.20. The normalized spacial score (nSPS) is 26.5. The smallest absolute Gasteiger partial charge is 0.242 e. The van der Waals surface area contributed by atoms with Crippen molar-refractivity contribution in [1.29, 1.82) is 0 Å². The molecular weight excluding hydrogens is 408 g/mol. The molecule has 186 valence electrons. The minimum Gasteiger partial charge on any atom is -0.391 e. The zero-order valence-electron chi connectivity index (χ0n) is 20.5. The van der Waals surface area contributed by atoms with Gasteiger partial charge in [0.2, 0.25) is 17.7 Å². The van der Waals surface area contributed by atoms with Gasteiger partial charge in [-0.15, -0.1) is 0 Å². The maximum absolute atomic E-state index is 12.7. The van der Waals surface area contributed by atoms with Crippen LogP contribution in [0.4, 0.5) is 0 Å². The molecule has 0 aromatic carbocycles. The predicted molar refractivity (Wildman–Crippen MR) is 127 cm³/mol. The van der Waals surface area contributed by atoms with Crippen LogP contribution >= 0.6 is 0 Å². The first-order valence-electron chi connectivity index (χ1n) is 12.5. The fourth-order valence-corrected chi connectivity index (χ4v) is 3.99. The van der Waals surface area contributed by atoms with Crippen LogP contribution in [-0.2, 0) is 14.4 Å². The number of carbonyl (C=O) groups is 3. The highest BCUT2D eigenvalue weighted by molar-refractivity contribution is 5.87. The molecule has 1 aliphatic rings. The van der Waals surface area contributed by atoms with E-state index in [0.29, 0.717) is 31.8 Å². The zero-order chi connectivity index (χ0) is 23.9. The van der Waals surface area contributed by atoms with Crippen molar-refractivity contribution in [1.82, 2.24) is 21.3 Å². The van der Waals surface area contributed by atoms with E-state index in [1.165, 1.54) is 0 Å². The van der Waals surface area contributed by atoms with Crippen molar-refractivity contribution in [2.24, 2.45) is 11.8 Å². The number of aliphatic hydroxyl groups is 1. The van der Waals surface area contributed by atoms with Gasteiger partial charge in [-0.3, -0.25) is 14.4 Å². The first kappa shape index (κ1) is 28.4. The van der Waals surface area contributed by atoms with Gasteiger partial charge in [0.1, 0.15) is 6.04 Å². The molecule has 0 aromatic heterocycles. The molecule has 32 heavy (non-hydrogen) atoms. The standard InChI is InChI=1S/C24H46N4O4/c1-5-6-13-26-23(31)18(3)16-21(29)20-15-17(2)10-8-7-9-12-25-14-11-22(30)27-19(4)24(32)28-20/h17-21,25,29H,5-16H2,1-4H3,(H,26,31)(H,27,30)(H,28,32)/t17-,18?,19+,20+,21?/m1/s1. The fraction of sp³-hybridized carbons (Fsp3) is 0.875. The third kappa shape index (κ3) is 11.8. The molecule has 1 heterocycles. The molecule has 8 heteroatoms. The highest BCUT2D eigenvalue weighted by Gasteiger charge is 2.28. The molecule has 2 unspecified atom stereocenters. The lowest BCUT2D eigenvalue weighted by atomic mass is 9.89. The molecule has 5 N–H and O–H groups in total. The third-order valence-corrected chi connectivity index (χ3v) is 6.17. The molecule has 0 spiro atoms. The number of amides is 3. The molecule has 1 rings (SSSR count). The summed E-state index contributed by atoms with van der Waals surface area (Å²) in [5, 5.41) is 22.8. The van der Waals surface area contributed by atoms with Gasteiger partial charge in [-0.1, -0.05) is 46.5 Å². The van der Waals surface area contributed by atoms with E-state index in [2.05, 4.69) is 35.1 Å². The number of carbonyl (C=O) groups excluding carboxylic acids is 3. The number of hydrogen-bond acceptors (Lipinski definition) is 5. The molecule has 0 aliphatic carbocycles. The summed E-state index contributed by atoms with van der Waals surface area (Å²) in [4.78, 5) is 37.2. The topological polar surface area (TPSA) is 120 Å². The molecule has 3 amide bonds. The molecular formula is C24H46N4O4. The number of rotatable bonds is 7. The van der Waals surface area contributed by atoms with Crippen LogP contribution in [0.25, 0.3) is 0 Å².